The lowest BCUT2D eigenvalue weighted by Gasteiger charge is -2.25. The Labute approximate surface area is 151 Å². The second kappa shape index (κ2) is 6.72. The van der Waals surface area contributed by atoms with Crippen LogP contribution in [0.1, 0.15) is 29.7 Å². The van der Waals surface area contributed by atoms with Gasteiger partial charge in [-0.3, -0.25) is 0 Å². The Bertz CT molecular complexity index is 866. The third-order valence-electron chi connectivity index (χ3n) is 5.07. The van der Waals surface area contributed by atoms with Crippen LogP contribution in [-0.2, 0) is 6.42 Å². The van der Waals surface area contributed by atoms with Gasteiger partial charge in [0.1, 0.15) is 11.6 Å². The Balaban J connectivity index is 1.62. The second-order valence-corrected chi connectivity index (χ2v) is 8.21. The van der Waals surface area contributed by atoms with Crippen LogP contribution < -0.4 is 0 Å². The largest absolute Gasteiger partial charge is 0.206 e. The first-order chi connectivity index (χ1) is 12.1. The molecular formula is C22H20F2S. The number of hydrogen-bond acceptors (Lipinski definition) is 1. The third-order valence-corrected chi connectivity index (χ3v) is 6.08. The normalized spacial score (nSPS) is 14.5. The van der Waals surface area contributed by atoms with Crippen molar-refractivity contribution in [3.05, 3.63) is 70.6 Å². The topological polar surface area (TPSA) is 0 Å². The first-order valence-electron chi connectivity index (χ1n) is 8.75. The molecule has 0 radical (unpaired) electrons. The number of rotatable bonds is 4. The van der Waals surface area contributed by atoms with Gasteiger partial charge in [0.2, 0.25) is 0 Å². The Morgan fingerprint density at radius 1 is 0.920 bits per heavy atom. The van der Waals surface area contributed by atoms with Gasteiger partial charge in [-0.05, 0) is 60.2 Å². The molecule has 0 amide bonds. The molecule has 128 valence electrons. The molecule has 1 aliphatic carbocycles. The lowest BCUT2D eigenvalue weighted by molar-refractivity contribution is 0.314. The standard InChI is InChI=1S/C22H20F2S/c1-14-5-10-21(25-14)22-19(23)12-18(13-20(22)24)17-8-6-16(7-9-17)11-15-3-2-4-15/h5-10,12-13,15H,2-4,11H2,1H3. The van der Waals surface area contributed by atoms with E-state index >= 15 is 0 Å². The van der Waals surface area contributed by atoms with E-state index in [1.54, 1.807) is 6.07 Å². The Morgan fingerprint density at radius 3 is 2.12 bits per heavy atom. The molecule has 2 aromatic carbocycles. The number of aryl methyl sites for hydroxylation is 1. The maximum atomic E-state index is 14.6. The maximum absolute atomic E-state index is 14.6. The molecule has 3 aromatic rings. The van der Waals surface area contributed by atoms with Crippen molar-refractivity contribution >= 4 is 11.3 Å². The summed E-state index contributed by atoms with van der Waals surface area (Å²) in [5.74, 6) is -0.194. The van der Waals surface area contributed by atoms with Gasteiger partial charge in [0.15, 0.2) is 0 Å². The van der Waals surface area contributed by atoms with Crippen molar-refractivity contribution in [3.63, 3.8) is 0 Å². The number of halogens is 2. The fraction of sp³-hybridized carbons (Fsp3) is 0.273. The molecule has 1 heterocycles. The number of thiophene rings is 1. The molecule has 1 aliphatic rings. The Kier molecular flexibility index (Phi) is 4.43. The van der Waals surface area contributed by atoms with Crippen LogP contribution in [-0.4, -0.2) is 0 Å². The van der Waals surface area contributed by atoms with Crippen LogP contribution in [0.3, 0.4) is 0 Å². The molecule has 0 unspecified atom stereocenters. The van der Waals surface area contributed by atoms with Gasteiger partial charge in [-0.1, -0.05) is 43.5 Å². The SMILES string of the molecule is Cc1ccc(-c2c(F)cc(-c3ccc(CC4CCC4)cc3)cc2F)s1. The van der Waals surface area contributed by atoms with Gasteiger partial charge >= 0.3 is 0 Å². The molecular weight excluding hydrogens is 334 g/mol. The highest BCUT2D eigenvalue weighted by Crippen LogP contribution is 2.35. The van der Waals surface area contributed by atoms with Crippen molar-refractivity contribution in [1.29, 1.82) is 0 Å². The van der Waals surface area contributed by atoms with Crippen molar-refractivity contribution in [2.45, 2.75) is 32.6 Å². The van der Waals surface area contributed by atoms with Gasteiger partial charge < -0.3 is 0 Å². The summed E-state index contributed by atoms with van der Waals surface area (Å²) in [4.78, 5) is 1.68. The first kappa shape index (κ1) is 16.5. The zero-order valence-electron chi connectivity index (χ0n) is 14.2. The second-order valence-electron chi connectivity index (χ2n) is 6.92. The number of benzene rings is 2. The molecule has 3 heteroatoms. The van der Waals surface area contributed by atoms with Crippen molar-refractivity contribution < 1.29 is 8.78 Å². The van der Waals surface area contributed by atoms with Crippen molar-refractivity contribution in [3.8, 4) is 21.6 Å². The highest BCUT2D eigenvalue weighted by molar-refractivity contribution is 7.15. The fourth-order valence-corrected chi connectivity index (χ4v) is 4.32. The van der Waals surface area contributed by atoms with Crippen LogP contribution in [0.5, 0.6) is 0 Å². The summed E-state index contributed by atoms with van der Waals surface area (Å²) in [5.41, 5.74) is 2.81. The molecule has 25 heavy (non-hydrogen) atoms. The van der Waals surface area contributed by atoms with Crippen molar-refractivity contribution in [1.82, 2.24) is 0 Å². The minimum absolute atomic E-state index is 0.0726. The summed E-state index contributed by atoms with van der Waals surface area (Å²) >= 11 is 1.41. The molecule has 0 aliphatic heterocycles. The lowest BCUT2D eigenvalue weighted by atomic mass is 9.81. The van der Waals surface area contributed by atoms with Crippen LogP contribution in [0.4, 0.5) is 8.78 Å². The van der Waals surface area contributed by atoms with Crippen LogP contribution in [0.15, 0.2) is 48.5 Å². The van der Waals surface area contributed by atoms with Gasteiger partial charge in [0.05, 0.1) is 5.56 Å². The average molecular weight is 354 g/mol. The van der Waals surface area contributed by atoms with Gasteiger partial charge in [-0.2, -0.15) is 0 Å². The van der Waals surface area contributed by atoms with Crippen LogP contribution in [0.2, 0.25) is 0 Å². The Morgan fingerprint density at radius 2 is 1.60 bits per heavy atom. The predicted octanol–water partition coefficient (Wildman–Crippen LogP) is 7.01. The molecule has 0 saturated heterocycles. The van der Waals surface area contributed by atoms with Crippen LogP contribution in [0.25, 0.3) is 21.6 Å². The highest BCUT2D eigenvalue weighted by Gasteiger charge is 2.18. The molecule has 1 fully saturated rings. The van der Waals surface area contributed by atoms with Crippen LogP contribution >= 0.6 is 11.3 Å². The first-order valence-corrected chi connectivity index (χ1v) is 9.57. The van der Waals surface area contributed by atoms with Gasteiger partial charge in [-0.25, -0.2) is 8.78 Å². The molecule has 1 saturated carbocycles. The van der Waals surface area contributed by atoms with Gasteiger partial charge in [-0.15, -0.1) is 11.3 Å². The lowest BCUT2D eigenvalue weighted by Crippen LogP contribution is -2.13. The minimum atomic E-state index is -0.504. The number of hydrogen-bond donors (Lipinski definition) is 0. The molecule has 0 nitrogen and oxygen atoms in total. The zero-order valence-corrected chi connectivity index (χ0v) is 15.0. The van der Waals surface area contributed by atoms with E-state index in [1.165, 1.54) is 48.3 Å². The summed E-state index contributed by atoms with van der Waals surface area (Å²) in [6.07, 6.45) is 5.10. The van der Waals surface area contributed by atoms with Gasteiger partial charge in [0.25, 0.3) is 0 Å². The van der Waals surface area contributed by atoms with E-state index in [1.807, 2.05) is 25.1 Å². The van der Waals surface area contributed by atoms with E-state index in [-0.39, 0.29) is 5.56 Å². The third kappa shape index (κ3) is 3.38. The molecule has 1 aromatic heterocycles. The summed E-state index contributed by atoms with van der Waals surface area (Å²) in [7, 11) is 0. The van der Waals surface area contributed by atoms with E-state index in [4.69, 9.17) is 0 Å². The quantitative estimate of drug-likeness (QED) is 0.472. The van der Waals surface area contributed by atoms with Gasteiger partial charge in [0, 0.05) is 9.75 Å². The molecule has 0 atom stereocenters. The van der Waals surface area contributed by atoms with Crippen molar-refractivity contribution in [2.75, 3.05) is 0 Å². The summed E-state index contributed by atoms with van der Waals surface area (Å²) in [5, 5.41) is 0. The molecule has 0 bridgehead atoms. The van der Waals surface area contributed by atoms with E-state index < -0.39 is 11.6 Å². The summed E-state index contributed by atoms with van der Waals surface area (Å²) in [6.45, 7) is 1.93. The van der Waals surface area contributed by atoms with Crippen molar-refractivity contribution in [2.24, 2.45) is 5.92 Å². The zero-order chi connectivity index (χ0) is 17.4. The minimum Gasteiger partial charge on any atom is -0.206 e. The summed E-state index contributed by atoms with van der Waals surface area (Å²) in [6, 6.07) is 14.6. The molecule has 4 rings (SSSR count). The Hall–Kier alpha value is -2.00. The summed E-state index contributed by atoms with van der Waals surface area (Å²) < 4.78 is 29.1. The van der Waals surface area contributed by atoms with Crippen LogP contribution in [0, 0.1) is 24.5 Å². The molecule has 0 spiro atoms. The predicted molar refractivity (Wildman–Crippen MR) is 101 cm³/mol. The average Bonchev–Trinajstić information content (AvgIpc) is 2.97. The monoisotopic (exact) mass is 354 g/mol. The van der Waals surface area contributed by atoms with E-state index in [9.17, 15) is 8.78 Å². The highest BCUT2D eigenvalue weighted by atomic mass is 32.1. The molecule has 0 N–H and O–H groups in total. The fourth-order valence-electron chi connectivity index (χ4n) is 3.41. The maximum Gasteiger partial charge on any atom is 0.135 e. The van der Waals surface area contributed by atoms with E-state index in [0.717, 1.165) is 22.8 Å². The smallest absolute Gasteiger partial charge is 0.135 e. The van der Waals surface area contributed by atoms with E-state index in [0.29, 0.717) is 10.4 Å². The van der Waals surface area contributed by atoms with E-state index in [2.05, 4.69) is 12.1 Å².